The Morgan fingerprint density at radius 1 is 1.13 bits per heavy atom. The predicted octanol–water partition coefficient (Wildman–Crippen LogP) is -4.99. The van der Waals surface area contributed by atoms with Gasteiger partial charge in [0.1, 0.15) is 6.42 Å². The fourth-order valence-electron chi connectivity index (χ4n) is 1.82. The van der Waals surface area contributed by atoms with Gasteiger partial charge >= 0.3 is 64.8 Å². The van der Waals surface area contributed by atoms with E-state index in [1.54, 1.807) is 37.3 Å². The second kappa shape index (κ2) is 11.6. The standard InChI is InChI=1S/C11H16N6O4.2Na/c1-2-13-10(12)11(16(20)14-18,17(21)15-19)8-9-6-4-3-5-7-9;;/h3-7,18-19H,2,8H2,1H3,(H2,12,13);;/q;2*+1/b16-14-,17-15-;;. The van der Waals surface area contributed by atoms with Crippen LogP contribution in [0.3, 0.4) is 0 Å². The van der Waals surface area contributed by atoms with Gasteiger partial charge in [-0.05, 0) is 12.5 Å². The smallest absolute Gasteiger partial charge is 0.592 e. The zero-order valence-corrected chi connectivity index (χ0v) is 17.3. The number of amidine groups is 1. The molecule has 1 aromatic carbocycles. The van der Waals surface area contributed by atoms with Crippen molar-refractivity contribution in [2.24, 2.45) is 21.3 Å². The van der Waals surface area contributed by atoms with Crippen LogP contribution in [0.5, 0.6) is 0 Å². The number of nitrogens with zero attached hydrogens (tertiary/aromatic N) is 5. The Bertz CT molecular complexity index is 549. The Balaban J connectivity index is 0. The molecule has 1 aromatic rings. The van der Waals surface area contributed by atoms with Crippen LogP contribution in [0.1, 0.15) is 12.5 Å². The molecule has 12 heteroatoms. The zero-order chi connectivity index (χ0) is 15.9. The van der Waals surface area contributed by atoms with Crippen LogP contribution in [0.2, 0.25) is 0 Å². The van der Waals surface area contributed by atoms with E-state index in [0.29, 0.717) is 5.56 Å². The fraction of sp³-hybridized carbons (Fsp3) is 0.364. The summed E-state index contributed by atoms with van der Waals surface area (Å²) in [5, 5.41) is 46.1. The summed E-state index contributed by atoms with van der Waals surface area (Å²) in [6.45, 7) is 1.82. The molecule has 0 heterocycles. The van der Waals surface area contributed by atoms with Crippen molar-refractivity contribution < 1.29 is 79.3 Å². The molecule has 10 nitrogen and oxygen atoms in total. The van der Waals surface area contributed by atoms with Crippen molar-refractivity contribution in [1.29, 1.82) is 0 Å². The first-order valence-electron chi connectivity index (χ1n) is 6.02. The molecular weight excluding hydrogens is 326 g/mol. The van der Waals surface area contributed by atoms with Crippen LogP contribution in [0.15, 0.2) is 45.9 Å². The minimum atomic E-state index is -2.32. The number of hydroxylamine groups is 2. The quantitative estimate of drug-likeness (QED) is 0.0898. The fourth-order valence-corrected chi connectivity index (χ4v) is 1.82. The van der Waals surface area contributed by atoms with E-state index in [2.05, 4.69) is 15.5 Å². The SMILES string of the molecule is CCN=C(N)C(Cc1ccccc1)(/[N+]([O-])=N/O)/[N+]([O-])=N/O.[Na+].[Na+]. The largest absolute Gasteiger partial charge is 1.00 e. The van der Waals surface area contributed by atoms with Crippen molar-refractivity contribution in [3.05, 3.63) is 46.3 Å². The third kappa shape index (κ3) is 5.59. The Labute approximate surface area is 177 Å². The third-order valence-corrected chi connectivity index (χ3v) is 2.83. The van der Waals surface area contributed by atoms with E-state index in [9.17, 15) is 10.4 Å². The number of rotatable bonds is 6. The van der Waals surface area contributed by atoms with Crippen molar-refractivity contribution in [3.8, 4) is 0 Å². The number of nitrogens with two attached hydrogens (primary N) is 1. The van der Waals surface area contributed by atoms with Crippen molar-refractivity contribution in [1.82, 2.24) is 0 Å². The molecule has 0 atom stereocenters. The molecule has 23 heavy (non-hydrogen) atoms. The van der Waals surface area contributed by atoms with Crippen molar-refractivity contribution in [2.45, 2.75) is 19.0 Å². The van der Waals surface area contributed by atoms with Crippen LogP contribution in [0.4, 0.5) is 0 Å². The van der Waals surface area contributed by atoms with Gasteiger partial charge in [0.05, 0.1) is 0 Å². The minimum Gasteiger partial charge on any atom is -0.592 e. The summed E-state index contributed by atoms with van der Waals surface area (Å²) in [6.07, 6.45) is -0.301. The molecule has 0 fully saturated rings. The average molecular weight is 342 g/mol. The third-order valence-electron chi connectivity index (χ3n) is 2.83. The van der Waals surface area contributed by atoms with E-state index >= 15 is 0 Å². The van der Waals surface area contributed by atoms with Crippen LogP contribution in [0.25, 0.3) is 0 Å². The second-order valence-electron chi connectivity index (χ2n) is 4.06. The van der Waals surface area contributed by atoms with E-state index < -0.39 is 11.5 Å². The molecule has 0 spiro atoms. The van der Waals surface area contributed by atoms with Crippen LogP contribution in [-0.2, 0) is 6.42 Å². The van der Waals surface area contributed by atoms with E-state index in [0.717, 1.165) is 0 Å². The molecule has 0 unspecified atom stereocenters. The summed E-state index contributed by atoms with van der Waals surface area (Å²) >= 11 is 0. The van der Waals surface area contributed by atoms with Gasteiger partial charge in [0.25, 0.3) is 0 Å². The first-order valence-corrected chi connectivity index (χ1v) is 6.02. The van der Waals surface area contributed by atoms with E-state index in [4.69, 9.17) is 16.1 Å². The Morgan fingerprint density at radius 2 is 1.61 bits per heavy atom. The maximum absolute atomic E-state index is 11.9. The second-order valence-corrected chi connectivity index (χ2v) is 4.06. The van der Waals surface area contributed by atoms with Gasteiger partial charge in [-0.2, -0.15) is 0 Å². The molecule has 0 aliphatic heterocycles. The molecule has 0 radical (unpaired) electrons. The molecule has 0 saturated carbocycles. The number of benzene rings is 1. The molecule has 0 amide bonds. The molecule has 0 aliphatic carbocycles. The Morgan fingerprint density at radius 3 is 2.00 bits per heavy atom. The molecule has 4 N–H and O–H groups in total. The van der Waals surface area contributed by atoms with Crippen LogP contribution < -0.4 is 64.8 Å². The molecule has 0 aromatic heterocycles. The van der Waals surface area contributed by atoms with Gasteiger partial charge in [0, 0.05) is 16.3 Å². The molecule has 0 bridgehead atoms. The van der Waals surface area contributed by atoms with Gasteiger partial charge in [0.15, 0.2) is 0 Å². The van der Waals surface area contributed by atoms with E-state index in [1.165, 1.54) is 0 Å². The van der Waals surface area contributed by atoms with Gasteiger partial charge in [-0.25, -0.2) is 0 Å². The molecule has 0 saturated heterocycles. The van der Waals surface area contributed by atoms with Gasteiger partial charge in [-0.1, -0.05) is 30.3 Å². The maximum Gasteiger partial charge on any atom is 1.00 e. The van der Waals surface area contributed by atoms with Gasteiger partial charge in [-0.3, -0.25) is 4.99 Å². The van der Waals surface area contributed by atoms with Crippen LogP contribution >= 0.6 is 0 Å². The zero-order valence-electron chi connectivity index (χ0n) is 13.3. The van der Waals surface area contributed by atoms with Crippen LogP contribution in [-0.4, -0.2) is 38.2 Å². The molecule has 1 rings (SSSR count). The van der Waals surface area contributed by atoms with Crippen molar-refractivity contribution >= 4 is 5.84 Å². The van der Waals surface area contributed by atoms with Crippen LogP contribution in [0, 0.1) is 10.4 Å². The summed E-state index contributed by atoms with van der Waals surface area (Å²) in [6, 6.07) is 8.37. The summed E-state index contributed by atoms with van der Waals surface area (Å²) in [5.41, 5.74) is 3.90. The van der Waals surface area contributed by atoms with Gasteiger partial charge < -0.3 is 26.6 Å². The summed E-state index contributed by atoms with van der Waals surface area (Å²) in [5.74, 6) is -0.436. The Kier molecular flexibility index (Phi) is 12.3. The number of hydrogen-bond donors (Lipinski definition) is 3. The first-order chi connectivity index (χ1) is 10.0. The summed E-state index contributed by atoms with van der Waals surface area (Å²) < 4.78 is 0. The Hall–Kier alpha value is -0.910. The molecular formula is C11H16N6Na2O4+2. The summed E-state index contributed by atoms with van der Waals surface area (Å²) in [7, 11) is 0. The van der Waals surface area contributed by atoms with Crippen molar-refractivity contribution in [3.63, 3.8) is 0 Å². The normalized spacial score (nSPS) is 13.0. The number of aliphatic imine (C=N–C) groups is 1. The van der Waals surface area contributed by atoms with E-state index in [-0.39, 0.29) is 81.8 Å². The van der Waals surface area contributed by atoms with E-state index in [1.807, 2.05) is 0 Å². The van der Waals surface area contributed by atoms with Gasteiger partial charge in [0.2, 0.25) is 16.4 Å². The van der Waals surface area contributed by atoms with Gasteiger partial charge in [-0.15, -0.1) is 0 Å². The predicted molar refractivity (Wildman–Crippen MR) is 70.7 cm³/mol. The molecule has 114 valence electrons. The minimum absolute atomic E-state index is 0. The monoisotopic (exact) mass is 342 g/mol. The number of hydrogen-bond acceptors (Lipinski definition) is 5. The maximum atomic E-state index is 11.9. The first kappa shape index (κ1) is 24.3. The average Bonchev–Trinajstić information content (AvgIpc) is 2.52. The van der Waals surface area contributed by atoms with Crippen molar-refractivity contribution in [2.75, 3.05) is 6.54 Å². The topological polar surface area (TPSA) is 156 Å². The summed E-state index contributed by atoms with van der Waals surface area (Å²) in [4.78, 5) is 3.11. The molecule has 0 aliphatic rings.